The molecule has 0 aliphatic rings. The van der Waals surface area contributed by atoms with Crippen LogP contribution in [0.3, 0.4) is 0 Å². The van der Waals surface area contributed by atoms with Gasteiger partial charge < -0.3 is 4.74 Å². The molecule has 0 aromatic heterocycles. The van der Waals surface area contributed by atoms with Crippen LogP contribution in [0.1, 0.15) is 18.1 Å². The summed E-state index contributed by atoms with van der Waals surface area (Å²) in [5, 5.41) is 8.79. The monoisotopic (exact) mass is 313 g/mol. The molecule has 0 saturated heterocycles. The zero-order valence-electron chi connectivity index (χ0n) is 9.45. The standard InChI is InChI=1S/C10H7ClF3NO3S/c1-2-6-3-8(19(11,16)17)4-7(5-15)9(6)18-10(12,13)14/h3-4H,2H2,1H3. The van der Waals surface area contributed by atoms with Crippen molar-refractivity contribution in [2.45, 2.75) is 24.6 Å². The normalized spacial score (nSPS) is 12.0. The van der Waals surface area contributed by atoms with Gasteiger partial charge in [0.2, 0.25) is 0 Å². The molecule has 0 saturated carbocycles. The summed E-state index contributed by atoms with van der Waals surface area (Å²) in [7, 11) is 0.958. The Morgan fingerprint density at radius 2 is 2.00 bits per heavy atom. The number of benzene rings is 1. The van der Waals surface area contributed by atoms with Gasteiger partial charge in [-0.15, -0.1) is 13.2 Å². The van der Waals surface area contributed by atoms with Gasteiger partial charge >= 0.3 is 6.36 Å². The Morgan fingerprint density at radius 3 is 2.37 bits per heavy atom. The van der Waals surface area contributed by atoms with Crippen molar-refractivity contribution in [3.63, 3.8) is 0 Å². The molecule has 0 aliphatic heterocycles. The van der Waals surface area contributed by atoms with E-state index in [1.54, 1.807) is 0 Å². The van der Waals surface area contributed by atoms with Crippen LogP contribution in [0.4, 0.5) is 13.2 Å². The van der Waals surface area contributed by atoms with Crippen molar-refractivity contribution in [3.05, 3.63) is 23.3 Å². The largest absolute Gasteiger partial charge is 0.573 e. The summed E-state index contributed by atoms with van der Waals surface area (Å²) >= 11 is 0. The number of halogens is 4. The number of hydrogen-bond acceptors (Lipinski definition) is 4. The highest BCUT2D eigenvalue weighted by molar-refractivity contribution is 8.13. The van der Waals surface area contributed by atoms with E-state index in [1.807, 2.05) is 0 Å². The Morgan fingerprint density at radius 1 is 1.42 bits per heavy atom. The van der Waals surface area contributed by atoms with Gasteiger partial charge in [0, 0.05) is 10.7 Å². The number of rotatable bonds is 3. The SMILES string of the molecule is CCc1cc(S(=O)(=O)Cl)cc(C#N)c1OC(F)(F)F. The third-order valence-corrected chi connectivity index (χ3v) is 3.47. The third kappa shape index (κ3) is 4.01. The van der Waals surface area contributed by atoms with E-state index in [9.17, 15) is 21.6 Å². The maximum Gasteiger partial charge on any atom is 0.573 e. The van der Waals surface area contributed by atoms with Crippen molar-refractivity contribution >= 4 is 19.7 Å². The van der Waals surface area contributed by atoms with E-state index in [4.69, 9.17) is 15.9 Å². The second-order valence-electron chi connectivity index (χ2n) is 3.41. The Labute approximate surface area is 111 Å². The minimum Gasteiger partial charge on any atom is -0.404 e. The molecule has 0 atom stereocenters. The molecule has 1 aromatic rings. The molecule has 0 spiro atoms. The van der Waals surface area contributed by atoms with Gasteiger partial charge in [0.25, 0.3) is 9.05 Å². The van der Waals surface area contributed by atoms with Gasteiger partial charge in [-0.25, -0.2) is 8.42 Å². The van der Waals surface area contributed by atoms with E-state index in [0.29, 0.717) is 0 Å². The smallest absolute Gasteiger partial charge is 0.404 e. The van der Waals surface area contributed by atoms with E-state index in [2.05, 4.69) is 4.74 Å². The molecular formula is C10H7ClF3NO3S. The van der Waals surface area contributed by atoms with Crippen LogP contribution in [-0.4, -0.2) is 14.8 Å². The first-order valence-electron chi connectivity index (χ1n) is 4.86. The van der Waals surface area contributed by atoms with E-state index in [-0.39, 0.29) is 12.0 Å². The highest BCUT2D eigenvalue weighted by Gasteiger charge is 2.33. The predicted octanol–water partition coefficient (Wildman–Crippen LogP) is 2.95. The summed E-state index contributed by atoms with van der Waals surface area (Å²) in [6.07, 6.45) is -4.93. The lowest BCUT2D eigenvalue weighted by Crippen LogP contribution is -2.19. The molecular weight excluding hydrogens is 307 g/mol. The van der Waals surface area contributed by atoms with Crippen molar-refractivity contribution in [3.8, 4) is 11.8 Å². The van der Waals surface area contributed by atoms with Gasteiger partial charge in [0.05, 0.1) is 10.5 Å². The molecule has 0 aliphatic carbocycles. The molecule has 104 valence electrons. The molecule has 1 rings (SSSR count). The van der Waals surface area contributed by atoms with E-state index in [1.165, 1.54) is 13.0 Å². The van der Waals surface area contributed by atoms with Crippen molar-refractivity contribution in [2.75, 3.05) is 0 Å². The van der Waals surface area contributed by atoms with Crippen LogP contribution in [-0.2, 0) is 15.5 Å². The average molecular weight is 314 g/mol. The van der Waals surface area contributed by atoms with Crippen LogP contribution in [0.2, 0.25) is 0 Å². The minimum absolute atomic E-state index is 0.0420. The van der Waals surface area contributed by atoms with Crippen molar-refractivity contribution in [1.82, 2.24) is 0 Å². The fourth-order valence-electron chi connectivity index (χ4n) is 1.38. The Hall–Kier alpha value is -1.46. The first-order chi connectivity index (χ1) is 8.58. The van der Waals surface area contributed by atoms with Gasteiger partial charge in [-0.2, -0.15) is 5.26 Å². The van der Waals surface area contributed by atoms with Crippen LogP contribution in [0.15, 0.2) is 17.0 Å². The molecule has 0 fully saturated rings. The fourth-order valence-corrected chi connectivity index (χ4v) is 2.19. The molecule has 1 aromatic carbocycles. The lowest BCUT2D eigenvalue weighted by atomic mass is 10.1. The molecule has 0 unspecified atom stereocenters. The first kappa shape index (κ1) is 15.6. The Kier molecular flexibility index (Phi) is 4.32. The van der Waals surface area contributed by atoms with Gasteiger partial charge in [-0.1, -0.05) is 6.92 Å². The topological polar surface area (TPSA) is 67.2 Å². The van der Waals surface area contributed by atoms with Crippen LogP contribution >= 0.6 is 10.7 Å². The predicted molar refractivity (Wildman–Crippen MR) is 60.3 cm³/mol. The molecule has 4 nitrogen and oxygen atoms in total. The quantitative estimate of drug-likeness (QED) is 0.805. The zero-order chi connectivity index (χ0) is 14.8. The summed E-state index contributed by atoms with van der Waals surface area (Å²) in [6, 6.07) is 3.14. The van der Waals surface area contributed by atoms with Gasteiger partial charge in [-0.05, 0) is 24.1 Å². The van der Waals surface area contributed by atoms with Crippen LogP contribution in [0.25, 0.3) is 0 Å². The molecule has 0 heterocycles. The van der Waals surface area contributed by atoms with E-state index < -0.39 is 31.6 Å². The maximum absolute atomic E-state index is 12.2. The van der Waals surface area contributed by atoms with E-state index in [0.717, 1.165) is 12.1 Å². The van der Waals surface area contributed by atoms with Crippen molar-refractivity contribution in [2.24, 2.45) is 0 Å². The summed E-state index contributed by atoms with van der Waals surface area (Å²) in [5.41, 5.74) is -0.619. The summed E-state index contributed by atoms with van der Waals surface area (Å²) in [6.45, 7) is 1.49. The van der Waals surface area contributed by atoms with Crippen molar-refractivity contribution in [1.29, 1.82) is 5.26 Å². The number of aryl methyl sites for hydroxylation is 1. The first-order valence-corrected chi connectivity index (χ1v) is 7.17. The number of hydrogen-bond donors (Lipinski definition) is 0. The molecule has 0 bridgehead atoms. The minimum atomic E-state index is -4.98. The molecule has 0 amide bonds. The highest BCUT2D eigenvalue weighted by atomic mass is 35.7. The zero-order valence-corrected chi connectivity index (χ0v) is 11.0. The number of nitrogens with zero attached hydrogens (tertiary/aromatic N) is 1. The fraction of sp³-hybridized carbons (Fsp3) is 0.300. The average Bonchev–Trinajstić information content (AvgIpc) is 2.25. The maximum atomic E-state index is 12.2. The van der Waals surface area contributed by atoms with Gasteiger partial charge in [0.1, 0.15) is 11.8 Å². The summed E-state index contributed by atoms with van der Waals surface area (Å²) < 4.78 is 62.8. The number of nitriles is 1. The lowest BCUT2D eigenvalue weighted by molar-refractivity contribution is -0.275. The van der Waals surface area contributed by atoms with E-state index >= 15 is 0 Å². The number of alkyl halides is 3. The second-order valence-corrected chi connectivity index (χ2v) is 5.98. The van der Waals surface area contributed by atoms with Gasteiger partial charge in [-0.3, -0.25) is 0 Å². The Bertz CT molecular complexity index is 635. The highest BCUT2D eigenvalue weighted by Crippen LogP contribution is 2.33. The van der Waals surface area contributed by atoms with Gasteiger partial charge in [0.15, 0.2) is 0 Å². The number of ether oxygens (including phenoxy) is 1. The molecule has 9 heteroatoms. The Balaban J connectivity index is 3.53. The third-order valence-electron chi connectivity index (χ3n) is 2.14. The molecule has 0 radical (unpaired) electrons. The summed E-state index contributed by atoms with van der Waals surface area (Å²) in [4.78, 5) is -0.447. The van der Waals surface area contributed by atoms with Crippen LogP contribution in [0.5, 0.6) is 5.75 Å². The molecule has 19 heavy (non-hydrogen) atoms. The second kappa shape index (κ2) is 5.27. The molecule has 0 N–H and O–H groups in total. The van der Waals surface area contributed by atoms with Crippen LogP contribution in [0, 0.1) is 11.3 Å². The van der Waals surface area contributed by atoms with Crippen molar-refractivity contribution < 1.29 is 26.3 Å². The lowest BCUT2D eigenvalue weighted by Gasteiger charge is -2.14. The summed E-state index contributed by atoms with van der Waals surface area (Å²) in [5.74, 6) is -0.707. The van der Waals surface area contributed by atoms with Crippen LogP contribution < -0.4 is 4.74 Å².